The van der Waals surface area contributed by atoms with Gasteiger partial charge in [-0.05, 0) is 40.2 Å². The Morgan fingerprint density at radius 1 is 1.25 bits per heavy atom. The molecule has 0 saturated heterocycles. The van der Waals surface area contributed by atoms with Crippen molar-refractivity contribution < 1.29 is 14.7 Å². The first kappa shape index (κ1) is 14.1. The maximum atomic E-state index is 11.9. The molecule has 7 heteroatoms. The van der Waals surface area contributed by atoms with Gasteiger partial charge in [-0.2, -0.15) is 0 Å². The number of hydrogen-bond donors (Lipinski definition) is 2. The van der Waals surface area contributed by atoms with Crippen molar-refractivity contribution in [1.82, 2.24) is 9.97 Å². The van der Waals surface area contributed by atoms with E-state index in [0.717, 1.165) is 0 Å². The summed E-state index contributed by atoms with van der Waals surface area (Å²) in [5.74, 6) is -1.31. The lowest BCUT2D eigenvalue weighted by Gasteiger charge is -2.05. The number of rotatable bonds is 4. The summed E-state index contributed by atoms with van der Waals surface area (Å²) in [6.45, 7) is 0. The summed E-state index contributed by atoms with van der Waals surface area (Å²) in [6, 6.07) is 8.17. The Morgan fingerprint density at radius 2 is 2.05 bits per heavy atom. The lowest BCUT2D eigenvalue weighted by molar-refractivity contribution is -0.136. The number of carboxylic acids is 1. The number of amides is 1. The summed E-state index contributed by atoms with van der Waals surface area (Å²) >= 11 is 3.19. The second-order valence-corrected chi connectivity index (χ2v) is 4.72. The monoisotopic (exact) mass is 335 g/mol. The molecule has 20 heavy (non-hydrogen) atoms. The number of aliphatic carboxylic acids is 1. The molecule has 0 bridgehead atoms. The molecule has 2 aromatic heterocycles. The number of carbonyl (C=O) groups is 2. The van der Waals surface area contributed by atoms with Crippen LogP contribution in [0.2, 0.25) is 0 Å². The first-order valence-electron chi connectivity index (χ1n) is 5.65. The van der Waals surface area contributed by atoms with Crippen LogP contribution in [0.25, 0.3) is 0 Å². The van der Waals surface area contributed by atoms with E-state index in [2.05, 4.69) is 31.2 Å². The van der Waals surface area contributed by atoms with Crippen LogP contribution < -0.4 is 5.32 Å². The van der Waals surface area contributed by atoms with E-state index in [1.165, 1.54) is 6.20 Å². The van der Waals surface area contributed by atoms with E-state index >= 15 is 0 Å². The summed E-state index contributed by atoms with van der Waals surface area (Å²) in [4.78, 5) is 30.4. The summed E-state index contributed by atoms with van der Waals surface area (Å²) in [5.41, 5.74) is 1.18. The van der Waals surface area contributed by atoms with Crippen LogP contribution >= 0.6 is 15.9 Å². The van der Waals surface area contributed by atoms with Crippen molar-refractivity contribution in [3.8, 4) is 0 Å². The van der Waals surface area contributed by atoms with Crippen molar-refractivity contribution >= 4 is 33.5 Å². The Morgan fingerprint density at radius 3 is 2.65 bits per heavy atom. The summed E-state index contributed by atoms with van der Waals surface area (Å²) in [5, 5.41) is 11.3. The molecule has 1 amide bonds. The Balaban J connectivity index is 2.06. The normalized spacial score (nSPS) is 10.1. The SMILES string of the molecule is O=C(O)Cc1ccc(NC(=O)c2cccc(Br)n2)cn1. The molecule has 0 aromatic carbocycles. The molecule has 2 aromatic rings. The van der Waals surface area contributed by atoms with E-state index in [-0.39, 0.29) is 18.0 Å². The molecule has 0 unspecified atom stereocenters. The first-order chi connectivity index (χ1) is 9.54. The predicted octanol–water partition coefficient (Wildman–Crippen LogP) is 2.12. The van der Waals surface area contributed by atoms with Crippen molar-refractivity contribution in [2.24, 2.45) is 0 Å². The number of nitrogens with zero attached hydrogens (tertiary/aromatic N) is 2. The quantitative estimate of drug-likeness (QED) is 0.835. The summed E-state index contributed by atoms with van der Waals surface area (Å²) in [6.07, 6.45) is 1.26. The molecule has 2 rings (SSSR count). The smallest absolute Gasteiger partial charge is 0.309 e. The molecule has 6 nitrogen and oxygen atoms in total. The molecule has 0 radical (unpaired) electrons. The number of hydrogen-bond acceptors (Lipinski definition) is 4. The number of carboxylic acid groups (broad SMARTS) is 1. The Hall–Kier alpha value is -2.28. The summed E-state index contributed by atoms with van der Waals surface area (Å²) in [7, 11) is 0. The molecule has 0 aliphatic rings. The minimum absolute atomic E-state index is 0.151. The molecule has 102 valence electrons. The van der Waals surface area contributed by atoms with E-state index in [1.54, 1.807) is 30.3 Å². The number of carbonyl (C=O) groups excluding carboxylic acids is 1. The molecule has 0 fully saturated rings. The average Bonchev–Trinajstić information content (AvgIpc) is 2.40. The molecule has 0 aliphatic carbocycles. The van der Waals surface area contributed by atoms with Gasteiger partial charge in [0, 0.05) is 0 Å². The predicted molar refractivity (Wildman–Crippen MR) is 75.5 cm³/mol. The van der Waals surface area contributed by atoms with Gasteiger partial charge in [-0.3, -0.25) is 14.6 Å². The topological polar surface area (TPSA) is 92.2 Å². The highest BCUT2D eigenvalue weighted by Crippen LogP contribution is 2.10. The van der Waals surface area contributed by atoms with Gasteiger partial charge in [0.15, 0.2) is 0 Å². The van der Waals surface area contributed by atoms with Gasteiger partial charge in [0.2, 0.25) is 0 Å². The van der Waals surface area contributed by atoms with E-state index < -0.39 is 5.97 Å². The first-order valence-corrected chi connectivity index (χ1v) is 6.44. The second-order valence-electron chi connectivity index (χ2n) is 3.91. The maximum absolute atomic E-state index is 11.9. The minimum Gasteiger partial charge on any atom is -0.481 e. The average molecular weight is 336 g/mol. The second kappa shape index (κ2) is 6.25. The van der Waals surface area contributed by atoms with Crippen molar-refractivity contribution in [3.63, 3.8) is 0 Å². The molecular formula is C13H10BrN3O3. The molecular weight excluding hydrogens is 326 g/mol. The molecule has 0 spiro atoms. The van der Waals surface area contributed by atoms with Crippen molar-refractivity contribution in [2.75, 3.05) is 5.32 Å². The van der Waals surface area contributed by atoms with Crippen molar-refractivity contribution in [1.29, 1.82) is 0 Å². The highest BCUT2D eigenvalue weighted by Gasteiger charge is 2.08. The third-order valence-corrected chi connectivity index (χ3v) is 2.80. The molecule has 2 heterocycles. The molecule has 2 N–H and O–H groups in total. The van der Waals surface area contributed by atoms with E-state index in [4.69, 9.17) is 5.11 Å². The lowest BCUT2D eigenvalue weighted by atomic mass is 10.2. The zero-order valence-corrected chi connectivity index (χ0v) is 11.8. The lowest BCUT2D eigenvalue weighted by Crippen LogP contribution is -2.14. The van der Waals surface area contributed by atoms with E-state index in [9.17, 15) is 9.59 Å². The number of halogens is 1. The Labute approximate surface area is 123 Å². The number of aromatic nitrogens is 2. The minimum atomic E-state index is -0.951. The van der Waals surface area contributed by atoms with Gasteiger partial charge in [-0.15, -0.1) is 0 Å². The van der Waals surface area contributed by atoms with Crippen LogP contribution in [0, 0.1) is 0 Å². The van der Waals surface area contributed by atoms with Gasteiger partial charge in [0.1, 0.15) is 10.3 Å². The Kier molecular flexibility index (Phi) is 4.41. The zero-order chi connectivity index (χ0) is 14.5. The number of nitrogens with one attached hydrogen (secondary N) is 1. The third kappa shape index (κ3) is 3.86. The van der Waals surface area contributed by atoms with Crippen LogP contribution in [-0.2, 0) is 11.2 Å². The number of anilines is 1. The van der Waals surface area contributed by atoms with Gasteiger partial charge in [-0.1, -0.05) is 6.07 Å². The van der Waals surface area contributed by atoms with Crippen LogP contribution in [0.15, 0.2) is 41.1 Å². The Bertz CT molecular complexity index is 644. The van der Waals surface area contributed by atoms with Crippen molar-refractivity contribution in [3.05, 3.63) is 52.5 Å². The highest BCUT2D eigenvalue weighted by molar-refractivity contribution is 9.10. The van der Waals surface area contributed by atoms with Crippen molar-refractivity contribution in [2.45, 2.75) is 6.42 Å². The van der Waals surface area contributed by atoms with Crippen LogP contribution in [-0.4, -0.2) is 27.0 Å². The largest absolute Gasteiger partial charge is 0.481 e. The van der Waals surface area contributed by atoms with Crippen LogP contribution in [0.5, 0.6) is 0 Å². The molecule has 0 aliphatic heterocycles. The maximum Gasteiger partial charge on any atom is 0.309 e. The fourth-order valence-electron chi connectivity index (χ4n) is 1.49. The van der Waals surface area contributed by atoms with Gasteiger partial charge < -0.3 is 10.4 Å². The van der Waals surface area contributed by atoms with E-state index in [0.29, 0.717) is 16.0 Å². The van der Waals surface area contributed by atoms with Crippen LogP contribution in [0.3, 0.4) is 0 Å². The highest BCUT2D eigenvalue weighted by atomic mass is 79.9. The van der Waals surface area contributed by atoms with Gasteiger partial charge in [0.25, 0.3) is 5.91 Å². The van der Waals surface area contributed by atoms with E-state index in [1.807, 2.05) is 0 Å². The zero-order valence-electron chi connectivity index (χ0n) is 10.2. The van der Waals surface area contributed by atoms with Gasteiger partial charge >= 0.3 is 5.97 Å². The molecule has 0 atom stereocenters. The fraction of sp³-hybridized carbons (Fsp3) is 0.0769. The van der Waals surface area contributed by atoms with Crippen LogP contribution in [0.4, 0.5) is 5.69 Å². The number of pyridine rings is 2. The van der Waals surface area contributed by atoms with Gasteiger partial charge in [0.05, 0.1) is 24.0 Å². The standard InChI is InChI=1S/C13H10BrN3O3/c14-11-3-1-2-10(17-11)13(20)16-9-5-4-8(15-7-9)6-12(18)19/h1-5,7H,6H2,(H,16,20)(H,18,19). The van der Waals surface area contributed by atoms with Crippen LogP contribution in [0.1, 0.15) is 16.2 Å². The fourth-order valence-corrected chi connectivity index (χ4v) is 1.83. The third-order valence-electron chi connectivity index (χ3n) is 2.36. The summed E-state index contributed by atoms with van der Waals surface area (Å²) < 4.78 is 0.570. The van der Waals surface area contributed by atoms with Gasteiger partial charge in [-0.25, -0.2) is 4.98 Å². The molecule has 0 saturated carbocycles.